The van der Waals surface area contributed by atoms with Gasteiger partial charge in [0.25, 0.3) is 5.91 Å². The number of benzene rings is 1. The summed E-state index contributed by atoms with van der Waals surface area (Å²) >= 11 is 7.59. The van der Waals surface area contributed by atoms with Gasteiger partial charge in [-0.1, -0.05) is 22.9 Å². The number of rotatable bonds is 5. The smallest absolute Gasteiger partial charge is 0.259 e. The molecule has 4 bridgehead atoms. The monoisotopic (exact) mass is 466 g/mol. The summed E-state index contributed by atoms with van der Waals surface area (Å²) in [5.74, 6) is 1.90. The summed E-state index contributed by atoms with van der Waals surface area (Å²) in [5, 5.41) is 13.1. The second-order valence-corrected chi connectivity index (χ2v) is 12.2. The zero-order valence-electron chi connectivity index (χ0n) is 16.5. The number of hydrogen-bond donors (Lipinski definition) is 2. The molecule has 2 N–H and O–H groups in total. The number of amides is 1. The van der Waals surface area contributed by atoms with Crippen molar-refractivity contribution in [1.29, 1.82) is 0 Å². The molecule has 10 heteroatoms. The van der Waals surface area contributed by atoms with Crippen molar-refractivity contribution in [2.24, 2.45) is 17.8 Å². The van der Waals surface area contributed by atoms with E-state index in [1.165, 1.54) is 75.1 Å². The predicted octanol–water partition coefficient (Wildman–Crippen LogP) is 3.82. The van der Waals surface area contributed by atoms with Gasteiger partial charge in [-0.3, -0.25) is 10.1 Å². The highest BCUT2D eigenvalue weighted by atomic mass is 35.5. The molecule has 4 fully saturated rings. The number of carbonyl (C=O) groups excluding carboxylic acids is 1. The molecular weight excluding hydrogens is 444 g/mol. The quantitative estimate of drug-likeness (QED) is 0.697. The van der Waals surface area contributed by atoms with Gasteiger partial charge in [-0.25, -0.2) is 13.1 Å². The average Bonchev–Trinajstić information content (AvgIpc) is 3.16. The fraction of sp³-hybridized carbons (Fsp3) is 0.550. The first-order valence-corrected chi connectivity index (χ1v) is 12.8. The van der Waals surface area contributed by atoms with E-state index >= 15 is 0 Å². The number of sulfonamides is 1. The zero-order valence-corrected chi connectivity index (χ0v) is 18.9. The van der Waals surface area contributed by atoms with Crippen LogP contribution in [0.3, 0.4) is 0 Å². The van der Waals surface area contributed by atoms with Crippen LogP contribution >= 0.6 is 22.9 Å². The van der Waals surface area contributed by atoms with Crippen LogP contribution in [0.5, 0.6) is 0 Å². The van der Waals surface area contributed by atoms with Crippen molar-refractivity contribution in [2.75, 3.05) is 12.4 Å². The Morgan fingerprint density at radius 1 is 1.13 bits per heavy atom. The summed E-state index contributed by atoms with van der Waals surface area (Å²) in [6.45, 7) is 0. The third-order valence-electron chi connectivity index (χ3n) is 6.90. The fourth-order valence-corrected chi connectivity index (χ4v) is 7.90. The summed E-state index contributed by atoms with van der Waals surface area (Å²) in [6, 6.07) is 4.03. The molecule has 0 radical (unpaired) electrons. The van der Waals surface area contributed by atoms with Gasteiger partial charge in [-0.15, -0.1) is 10.2 Å². The van der Waals surface area contributed by atoms with Gasteiger partial charge in [0.05, 0.1) is 15.5 Å². The van der Waals surface area contributed by atoms with Crippen molar-refractivity contribution in [1.82, 2.24) is 14.9 Å². The molecule has 0 saturated heterocycles. The van der Waals surface area contributed by atoms with Crippen molar-refractivity contribution in [3.63, 3.8) is 0 Å². The summed E-state index contributed by atoms with van der Waals surface area (Å²) in [7, 11) is -2.36. The van der Waals surface area contributed by atoms with Crippen LogP contribution in [0.4, 0.5) is 5.13 Å². The molecule has 30 heavy (non-hydrogen) atoms. The van der Waals surface area contributed by atoms with Crippen molar-refractivity contribution < 1.29 is 13.2 Å². The van der Waals surface area contributed by atoms with E-state index in [1.54, 1.807) is 0 Å². The zero-order chi connectivity index (χ0) is 21.1. The second kappa shape index (κ2) is 7.25. The van der Waals surface area contributed by atoms with E-state index in [0.717, 1.165) is 22.8 Å². The Hall–Kier alpha value is -1.55. The van der Waals surface area contributed by atoms with Crippen LogP contribution in [0.25, 0.3) is 0 Å². The lowest BCUT2D eigenvalue weighted by molar-refractivity contribution is -0.00555. The van der Waals surface area contributed by atoms with Gasteiger partial charge in [0.1, 0.15) is 5.01 Å². The van der Waals surface area contributed by atoms with Crippen molar-refractivity contribution >= 4 is 44.0 Å². The van der Waals surface area contributed by atoms with Gasteiger partial charge in [0.2, 0.25) is 15.2 Å². The lowest BCUT2D eigenvalue weighted by atomic mass is 9.50. The Kier molecular flexibility index (Phi) is 4.92. The maximum Gasteiger partial charge on any atom is 0.259 e. The van der Waals surface area contributed by atoms with E-state index in [4.69, 9.17) is 11.6 Å². The summed E-state index contributed by atoms with van der Waals surface area (Å²) in [5.41, 5.74) is 0.202. The maximum atomic E-state index is 12.8. The molecular formula is C20H23ClN4O3S2. The third-order valence-corrected chi connectivity index (χ3v) is 9.73. The van der Waals surface area contributed by atoms with Crippen LogP contribution in [-0.2, 0) is 15.4 Å². The van der Waals surface area contributed by atoms with Gasteiger partial charge in [0.15, 0.2) is 0 Å². The number of nitrogens with one attached hydrogen (secondary N) is 2. The Balaban J connectivity index is 1.37. The van der Waals surface area contributed by atoms with Gasteiger partial charge in [-0.05, 0) is 81.5 Å². The van der Waals surface area contributed by atoms with Gasteiger partial charge >= 0.3 is 0 Å². The van der Waals surface area contributed by atoms with Crippen molar-refractivity contribution in [2.45, 2.75) is 48.8 Å². The molecule has 0 spiro atoms. The molecule has 4 aliphatic carbocycles. The SMILES string of the molecule is CNS(=O)(=O)c1ccc(Cl)c(C(=O)Nc2nnc(C34CC5CC(CC(C5)C3)C4)s2)c1. The highest BCUT2D eigenvalue weighted by Gasteiger charge is 2.53. The number of aromatic nitrogens is 2. The van der Waals surface area contributed by atoms with Crippen LogP contribution in [0, 0.1) is 17.8 Å². The first-order chi connectivity index (χ1) is 14.3. The van der Waals surface area contributed by atoms with Crippen LogP contribution in [-0.4, -0.2) is 31.6 Å². The Bertz CT molecular complexity index is 1080. The molecule has 160 valence electrons. The van der Waals surface area contributed by atoms with Crippen LogP contribution < -0.4 is 10.0 Å². The van der Waals surface area contributed by atoms with E-state index in [-0.39, 0.29) is 20.9 Å². The second-order valence-electron chi connectivity index (χ2n) is 8.91. The molecule has 1 amide bonds. The van der Waals surface area contributed by atoms with Crippen molar-refractivity contribution in [3.05, 3.63) is 33.8 Å². The van der Waals surface area contributed by atoms with E-state index in [9.17, 15) is 13.2 Å². The third kappa shape index (κ3) is 3.45. The molecule has 1 aromatic carbocycles. The summed E-state index contributed by atoms with van der Waals surface area (Å²) < 4.78 is 26.3. The van der Waals surface area contributed by atoms with E-state index in [2.05, 4.69) is 20.2 Å². The molecule has 1 aromatic heterocycles. The number of halogens is 1. The van der Waals surface area contributed by atoms with E-state index < -0.39 is 15.9 Å². The molecule has 0 aliphatic heterocycles. The van der Waals surface area contributed by atoms with Crippen molar-refractivity contribution in [3.8, 4) is 0 Å². The normalized spacial score (nSPS) is 29.9. The molecule has 7 nitrogen and oxygen atoms in total. The number of carbonyl (C=O) groups is 1. The maximum absolute atomic E-state index is 12.8. The van der Waals surface area contributed by atoms with Crippen LogP contribution in [0.1, 0.15) is 53.9 Å². The molecule has 4 aliphatic rings. The Morgan fingerprint density at radius 3 is 2.37 bits per heavy atom. The highest BCUT2D eigenvalue weighted by Crippen LogP contribution is 2.61. The fourth-order valence-electron chi connectivity index (χ4n) is 5.99. The summed E-state index contributed by atoms with van der Waals surface area (Å²) in [6.07, 6.45) is 7.59. The van der Waals surface area contributed by atoms with Gasteiger partial charge in [-0.2, -0.15) is 0 Å². The van der Waals surface area contributed by atoms with E-state index in [0.29, 0.717) is 5.13 Å². The van der Waals surface area contributed by atoms with Crippen LogP contribution in [0.15, 0.2) is 23.1 Å². The number of nitrogens with zero attached hydrogens (tertiary/aromatic N) is 2. The van der Waals surface area contributed by atoms with Crippen LogP contribution in [0.2, 0.25) is 5.02 Å². The first kappa shape index (κ1) is 20.4. The van der Waals surface area contributed by atoms with Gasteiger partial charge in [0, 0.05) is 5.41 Å². The largest absolute Gasteiger partial charge is 0.296 e. The minimum Gasteiger partial charge on any atom is -0.296 e. The lowest BCUT2D eigenvalue weighted by Gasteiger charge is -2.55. The summed E-state index contributed by atoms with van der Waals surface area (Å²) in [4.78, 5) is 12.8. The molecule has 4 saturated carbocycles. The molecule has 0 unspecified atom stereocenters. The first-order valence-electron chi connectivity index (χ1n) is 10.2. The van der Waals surface area contributed by atoms with E-state index in [1.807, 2.05) is 0 Å². The highest BCUT2D eigenvalue weighted by molar-refractivity contribution is 7.89. The average molecular weight is 467 g/mol. The molecule has 2 aromatic rings. The minimum atomic E-state index is -3.68. The molecule has 6 rings (SSSR count). The van der Waals surface area contributed by atoms with Gasteiger partial charge < -0.3 is 0 Å². The lowest BCUT2D eigenvalue weighted by Crippen LogP contribution is -2.48. The standard InChI is InChI=1S/C20H23ClN4O3S2/c1-22-30(27,28)14-2-3-16(21)15(7-14)17(26)23-19-25-24-18(29-19)20-8-11-4-12(9-20)6-13(5-11)10-20/h2-3,7,11-13,22H,4-6,8-10H2,1H3,(H,23,25,26). The molecule has 0 atom stereocenters. The number of anilines is 1. The topological polar surface area (TPSA) is 101 Å². The molecule has 1 heterocycles. The minimum absolute atomic E-state index is 0.0222. The number of hydrogen-bond acceptors (Lipinski definition) is 6. The Labute approximate surface area is 184 Å². The predicted molar refractivity (Wildman–Crippen MR) is 115 cm³/mol. The Morgan fingerprint density at radius 2 is 1.77 bits per heavy atom.